The molecule has 3 aliphatic rings. The number of fused-ring (bicyclic) bond motifs is 3. The van der Waals surface area contributed by atoms with Crippen molar-refractivity contribution < 1.29 is 4.79 Å². The molecule has 0 radical (unpaired) electrons. The van der Waals surface area contributed by atoms with Gasteiger partial charge >= 0.3 is 0 Å². The molecule has 1 aromatic rings. The van der Waals surface area contributed by atoms with Gasteiger partial charge in [0.25, 0.3) is 0 Å². The highest BCUT2D eigenvalue weighted by molar-refractivity contribution is 7.10. The van der Waals surface area contributed by atoms with Gasteiger partial charge in [-0.2, -0.15) is 0 Å². The Kier molecular flexibility index (Phi) is 3.56. The van der Waals surface area contributed by atoms with Crippen LogP contribution in [0.15, 0.2) is 11.4 Å². The number of thiophene rings is 1. The van der Waals surface area contributed by atoms with Crippen LogP contribution in [0.4, 0.5) is 0 Å². The Morgan fingerprint density at radius 2 is 2.29 bits per heavy atom. The number of carbonyl (C=O) groups excluding carboxylic acids is 1. The minimum atomic E-state index is 0.339. The van der Waals surface area contributed by atoms with Crippen LogP contribution in [-0.4, -0.2) is 17.4 Å². The van der Waals surface area contributed by atoms with E-state index in [1.165, 1.54) is 36.1 Å². The first-order valence-corrected chi connectivity index (χ1v) is 9.50. The van der Waals surface area contributed by atoms with Crippen LogP contribution in [0, 0.1) is 17.8 Å². The zero-order valence-corrected chi connectivity index (χ0v) is 13.7. The van der Waals surface area contributed by atoms with Gasteiger partial charge in [-0.1, -0.05) is 13.3 Å². The quantitative estimate of drug-likeness (QED) is 0.810. The van der Waals surface area contributed by atoms with Gasteiger partial charge in [-0.15, -0.1) is 11.3 Å². The monoisotopic (exact) mass is 303 g/mol. The van der Waals surface area contributed by atoms with Crippen molar-refractivity contribution in [3.63, 3.8) is 0 Å². The molecule has 21 heavy (non-hydrogen) atoms. The van der Waals surface area contributed by atoms with Crippen molar-refractivity contribution >= 4 is 17.2 Å². The number of carbonyl (C=O) groups is 1. The van der Waals surface area contributed by atoms with E-state index in [0.717, 1.165) is 37.6 Å². The summed E-state index contributed by atoms with van der Waals surface area (Å²) >= 11 is 1.86. The molecule has 1 amide bonds. The topological polar surface area (TPSA) is 20.3 Å². The van der Waals surface area contributed by atoms with Gasteiger partial charge in [0.15, 0.2) is 0 Å². The number of amides is 1. The maximum Gasteiger partial charge on any atom is 0.223 e. The standard InChI is InChI=1S/C18H25NOS/c1-2-16-15-6-8-21-17(15)5-7-19(16)18(20)11-14-10-12-3-4-13(14)9-12/h6,8,12-14,16H,2-5,7,9-11H2,1H3/t12-,13-,14+,16-/m0/s1. The predicted molar refractivity (Wildman–Crippen MR) is 86.3 cm³/mol. The molecule has 2 nitrogen and oxygen atoms in total. The molecule has 1 aromatic heterocycles. The van der Waals surface area contributed by atoms with Crippen molar-refractivity contribution in [3.8, 4) is 0 Å². The largest absolute Gasteiger partial charge is 0.335 e. The van der Waals surface area contributed by atoms with Gasteiger partial charge in [0.1, 0.15) is 0 Å². The van der Waals surface area contributed by atoms with Crippen LogP contribution in [-0.2, 0) is 11.2 Å². The number of rotatable bonds is 3. The predicted octanol–water partition coefficient (Wildman–Crippen LogP) is 4.41. The van der Waals surface area contributed by atoms with Gasteiger partial charge in [0.05, 0.1) is 6.04 Å². The molecule has 4 rings (SSSR count). The van der Waals surface area contributed by atoms with E-state index in [2.05, 4.69) is 23.3 Å². The Hall–Kier alpha value is -0.830. The highest BCUT2D eigenvalue weighted by atomic mass is 32.1. The molecule has 0 saturated heterocycles. The maximum absolute atomic E-state index is 12.9. The summed E-state index contributed by atoms with van der Waals surface area (Å²) < 4.78 is 0. The number of hydrogen-bond donors (Lipinski definition) is 0. The minimum Gasteiger partial charge on any atom is -0.335 e. The lowest BCUT2D eigenvalue weighted by Crippen LogP contribution is -2.40. The molecule has 0 aromatic carbocycles. The van der Waals surface area contributed by atoms with Crippen LogP contribution < -0.4 is 0 Å². The summed E-state index contributed by atoms with van der Waals surface area (Å²) in [5.74, 6) is 2.93. The Balaban J connectivity index is 1.47. The number of hydrogen-bond acceptors (Lipinski definition) is 2. The molecule has 2 fully saturated rings. The fourth-order valence-electron chi connectivity index (χ4n) is 5.10. The third-order valence-corrected chi connectivity index (χ3v) is 7.12. The molecule has 0 spiro atoms. The minimum absolute atomic E-state index is 0.339. The van der Waals surface area contributed by atoms with Crippen LogP contribution >= 0.6 is 11.3 Å². The highest BCUT2D eigenvalue weighted by Gasteiger charge is 2.41. The summed E-state index contributed by atoms with van der Waals surface area (Å²) in [7, 11) is 0. The SMILES string of the molecule is CC[C@H]1c2ccsc2CCN1C(=O)C[C@H]1C[C@H]2CC[C@H]1C2. The second-order valence-electron chi connectivity index (χ2n) is 7.20. The molecule has 0 unspecified atom stereocenters. The van der Waals surface area contributed by atoms with E-state index in [9.17, 15) is 4.79 Å². The second-order valence-corrected chi connectivity index (χ2v) is 8.20. The summed E-state index contributed by atoms with van der Waals surface area (Å²) in [5.41, 5.74) is 1.43. The van der Waals surface area contributed by atoms with E-state index in [4.69, 9.17) is 0 Å². The van der Waals surface area contributed by atoms with E-state index in [0.29, 0.717) is 17.9 Å². The molecule has 2 saturated carbocycles. The van der Waals surface area contributed by atoms with Crippen LogP contribution in [0.25, 0.3) is 0 Å². The van der Waals surface area contributed by atoms with E-state index in [1.54, 1.807) is 0 Å². The first kappa shape index (κ1) is 13.8. The first-order valence-electron chi connectivity index (χ1n) is 8.62. The summed E-state index contributed by atoms with van der Waals surface area (Å²) in [6.07, 6.45) is 8.47. The normalized spacial score (nSPS) is 34.2. The molecular weight excluding hydrogens is 278 g/mol. The average molecular weight is 303 g/mol. The average Bonchev–Trinajstić information content (AvgIpc) is 3.21. The Morgan fingerprint density at radius 3 is 3.00 bits per heavy atom. The Morgan fingerprint density at radius 1 is 1.38 bits per heavy atom. The summed E-state index contributed by atoms with van der Waals surface area (Å²) in [5, 5.41) is 2.19. The molecule has 4 atom stereocenters. The molecular formula is C18H25NOS. The van der Waals surface area contributed by atoms with E-state index < -0.39 is 0 Å². The molecule has 2 heterocycles. The van der Waals surface area contributed by atoms with Crippen molar-refractivity contribution in [2.75, 3.05) is 6.54 Å². The van der Waals surface area contributed by atoms with Crippen molar-refractivity contribution in [2.45, 2.75) is 57.9 Å². The van der Waals surface area contributed by atoms with Crippen LogP contribution in [0.2, 0.25) is 0 Å². The second kappa shape index (κ2) is 5.42. The molecule has 3 heteroatoms. The summed E-state index contributed by atoms with van der Waals surface area (Å²) in [4.78, 5) is 16.6. The zero-order chi connectivity index (χ0) is 14.4. The van der Waals surface area contributed by atoms with Gasteiger partial charge in [-0.05, 0) is 66.9 Å². The third kappa shape index (κ3) is 2.34. The van der Waals surface area contributed by atoms with Gasteiger partial charge in [-0.25, -0.2) is 0 Å². The summed E-state index contributed by atoms with van der Waals surface area (Å²) in [6, 6.07) is 2.58. The lowest BCUT2D eigenvalue weighted by atomic mass is 9.85. The first-order chi connectivity index (χ1) is 10.3. The Bertz CT molecular complexity index is 537. The van der Waals surface area contributed by atoms with Crippen molar-refractivity contribution in [2.24, 2.45) is 17.8 Å². The van der Waals surface area contributed by atoms with E-state index in [-0.39, 0.29) is 0 Å². The van der Waals surface area contributed by atoms with Gasteiger partial charge in [0.2, 0.25) is 5.91 Å². The van der Waals surface area contributed by atoms with Gasteiger partial charge in [-0.3, -0.25) is 4.79 Å². The van der Waals surface area contributed by atoms with Crippen molar-refractivity contribution in [1.82, 2.24) is 4.90 Å². The van der Waals surface area contributed by atoms with Crippen LogP contribution in [0.3, 0.4) is 0 Å². The van der Waals surface area contributed by atoms with Gasteiger partial charge < -0.3 is 4.90 Å². The fraction of sp³-hybridized carbons (Fsp3) is 0.722. The molecule has 1 aliphatic heterocycles. The smallest absolute Gasteiger partial charge is 0.223 e. The lowest BCUT2D eigenvalue weighted by molar-refractivity contribution is -0.135. The molecule has 0 N–H and O–H groups in total. The molecule has 2 bridgehead atoms. The molecule has 114 valence electrons. The zero-order valence-electron chi connectivity index (χ0n) is 12.9. The van der Waals surface area contributed by atoms with E-state index in [1.807, 2.05) is 11.3 Å². The van der Waals surface area contributed by atoms with Crippen LogP contribution in [0.5, 0.6) is 0 Å². The Labute approximate surface area is 131 Å². The fourth-order valence-corrected chi connectivity index (χ4v) is 6.03. The lowest BCUT2D eigenvalue weighted by Gasteiger charge is -2.36. The van der Waals surface area contributed by atoms with Gasteiger partial charge in [0, 0.05) is 17.8 Å². The number of nitrogens with zero attached hydrogens (tertiary/aromatic N) is 1. The van der Waals surface area contributed by atoms with E-state index >= 15 is 0 Å². The van der Waals surface area contributed by atoms with Crippen molar-refractivity contribution in [3.05, 3.63) is 21.9 Å². The molecule has 2 aliphatic carbocycles. The maximum atomic E-state index is 12.9. The van der Waals surface area contributed by atoms with Crippen LogP contribution in [0.1, 0.15) is 61.9 Å². The highest BCUT2D eigenvalue weighted by Crippen LogP contribution is 2.50. The summed E-state index contributed by atoms with van der Waals surface area (Å²) in [6.45, 7) is 3.15. The van der Waals surface area contributed by atoms with Crippen molar-refractivity contribution in [1.29, 1.82) is 0 Å². The third-order valence-electron chi connectivity index (χ3n) is 6.12.